The number of halogens is 2. The van der Waals surface area contributed by atoms with Gasteiger partial charge in [-0.1, -0.05) is 43.2 Å². The molecule has 2 aromatic heterocycles. The highest BCUT2D eigenvalue weighted by molar-refractivity contribution is 5.85. The smallest absolute Gasteiger partial charge is 0.171 e. The number of hydrazine groups is 1. The summed E-state index contributed by atoms with van der Waals surface area (Å²) in [5.74, 6) is 0.741. The van der Waals surface area contributed by atoms with Crippen LogP contribution in [0.25, 0.3) is 11.2 Å². The van der Waals surface area contributed by atoms with Crippen LogP contribution in [0.2, 0.25) is 0 Å². The third-order valence-corrected chi connectivity index (χ3v) is 4.67. The molecule has 1 aliphatic carbocycles. The standard InChI is InChI=1S/C18H22N6.2ClH/c1-2-6-14(7-3-1)10-11-22-23-17-16-18(20-12-19-17)24(13-21-16)15-8-4-5-9-15;;/h1-3,6-7,12-13,15,22H,4-5,8-11H2,(H,19,20,23);2*1H. The van der Waals surface area contributed by atoms with E-state index in [4.69, 9.17) is 0 Å². The van der Waals surface area contributed by atoms with Crippen LogP contribution in [0, 0.1) is 0 Å². The van der Waals surface area contributed by atoms with Gasteiger partial charge in [-0.15, -0.1) is 24.8 Å². The Hall–Kier alpha value is -1.89. The molecule has 0 amide bonds. The third kappa shape index (κ3) is 4.44. The molecule has 2 N–H and O–H groups in total. The Balaban J connectivity index is 0.00000121. The van der Waals surface area contributed by atoms with Gasteiger partial charge in [0.1, 0.15) is 6.33 Å². The van der Waals surface area contributed by atoms with E-state index in [0.717, 1.165) is 29.9 Å². The van der Waals surface area contributed by atoms with Gasteiger partial charge in [-0.25, -0.2) is 20.4 Å². The molecule has 0 unspecified atom stereocenters. The van der Waals surface area contributed by atoms with Gasteiger partial charge in [-0.05, 0) is 24.8 Å². The molecule has 0 bridgehead atoms. The number of nitrogens with one attached hydrogen (secondary N) is 2. The molecular weight excluding hydrogens is 371 g/mol. The number of nitrogens with zero attached hydrogens (tertiary/aromatic N) is 4. The fourth-order valence-electron chi connectivity index (χ4n) is 3.39. The molecule has 26 heavy (non-hydrogen) atoms. The van der Waals surface area contributed by atoms with Crippen LogP contribution in [0.1, 0.15) is 37.3 Å². The fraction of sp³-hybridized carbons (Fsp3) is 0.389. The summed E-state index contributed by atoms with van der Waals surface area (Å²) >= 11 is 0. The third-order valence-electron chi connectivity index (χ3n) is 4.67. The predicted molar refractivity (Wildman–Crippen MR) is 109 cm³/mol. The van der Waals surface area contributed by atoms with E-state index in [1.54, 1.807) is 6.33 Å². The molecule has 140 valence electrons. The van der Waals surface area contributed by atoms with Gasteiger partial charge in [0.2, 0.25) is 0 Å². The Labute approximate surface area is 165 Å². The molecule has 1 aliphatic rings. The van der Waals surface area contributed by atoms with Gasteiger partial charge in [-0.3, -0.25) is 0 Å². The second kappa shape index (κ2) is 9.71. The van der Waals surface area contributed by atoms with E-state index < -0.39 is 0 Å². The Kier molecular flexibility index (Phi) is 7.63. The molecule has 0 aliphatic heterocycles. The van der Waals surface area contributed by atoms with E-state index in [2.05, 4.69) is 54.6 Å². The summed E-state index contributed by atoms with van der Waals surface area (Å²) in [6.45, 7) is 0.818. The number of hydrogen-bond acceptors (Lipinski definition) is 5. The number of benzene rings is 1. The minimum atomic E-state index is 0. The first-order chi connectivity index (χ1) is 11.9. The lowest BCUT2D eigenvalue weighted by molar-refractivity contribution is 0.529. The normalized spacial score (nSPS) is 14.0. The predicted octanol–water partition coefficient (Wildman–Crippen LogP) is 3.94. The average molecular weight is 395 g/mol. The van der Waals surface area contributed by atoms with Crippen molar-refractivity contribution in [3.05, 3.63) is 48.5 Å². The monoisotopic (exact) mass is 394 g/mol. The number of hydrogen-bond donors (Lipinski definition) is 2. The van der Waals surface area contributed by atoms with Gasteiger partial charge in [0.05, 0.1) is 6.33 Å². The topological polar surface area (TPSA) is 67.7 Å². The van der Waals surface area contributed by atoms with E-state index >= 15 is 0 Å². The lowest BCUT2D eigenvalue weighted by Gasteiger charge is -2.12. The molecule has 0 saturated heterocycles. The minimum absolute atomic E-state index is 0. The zero-order chi connectivity index (χ0) is 16.2. The molecule has 1 saturated carbocycles. The minimum Gasteiger partial charge on any atom is -0.312 e. The second-order valence-electron chi connectivity index (χ2n) is 6.27. The van der Waals surface area contributed by atoms with Gasteiger partial charge in [-0.2, -0.15) is 0 Å². The van der Waals surface area contributed by atoms with E-state index in [1.165, 1.54) is 31.2 Å². The SMILES string of the molecule is Cl.Cl.c1ccc(CCNNc2ncnc3c2ncn3C2CCCC2)cc1. The lowest BCUT2D eigenvalue weighted by Crippen LogP contribution is -2.25. The highest BCUT2D eigenvalue weighted by Gasteiger charge is 2.20. The van der Waals surface area contributed by atoms with Gasteiger partial charge in [0.15, 0.2) is 17.0 Å². The van der Waals surface area contributed by atoms with E-state index in [9.17, 15) is 0 Å². The maximum Gasteiger partial charge on any atom is 0.171 e. The summed E-state index contributed by atoms with van der Waals surface area (Å²) in [5, 5.41) is 0. The zero-order valence-electron chi connectivity index (χ0n) is 14.5. The summed E-state index contributed by atoms with van der Waals surface area (Å²) in [4.78, 5) is 13.3. The molecule has 6 nitrogen and oxygen atoms in total. The van der Waals surface area contributed by atoms with E-state index in [1.807, 2.05) is 12.4 Å². The summed E-state index contributed by atoms with van der Waals surface area (Å²) in [6.07, 6.45) is 9.49. The zero-order valence-corrected chi connectivity index (χ0v) is 16.1. The van der Waals surface area contributed by atoms with Crippen molar-refractivity contribution < 1.29 is 0 Å². The van der Waals surface area contributed by atoms with Crippen molar-refractivity contribution in [2.45, 2.75) is 38.1 Å². The molecule has 0 radical (unpaired) electrons. The van der Waals surface area contributed by atoms with Crippen molar-refractivity contribution in [1.82, 2.24) is 24.9 Å². The van der Waals surface area contributed by atoms with Gasteiger partial charge in [0, 0.05) is 12.6 Å². The molecule has 0 atom stereocenters. The maximum absolute atomic E-state index is 4.54. The number of imidazole rings is 1. The van der Waals surface area contributed by atoms with Crippen molar-refractivity contribution in [2.75, 3.05) is 12.0 Å². The highest BCUT2D eigenvalue weighted by atomic mass is 35.5. The van der Waals surface area contributed by atoms with Crippen LogP contribution in [0.3, 0.4) is 0 Å². The molecule has 0 spiro atoms. The number of anilines is 1. The maximum atomic E-state index is 4.54. The molecule has 1 fully saturated rings. The van der Waals surface area contributed by atoms with Crippen LogP contribution in [-0.2, 0) is 6.42 Å². The Morgan fingerprint density at radius 3 is 2.54 bits per heavy atom. The first-order valence-electron chi connectivity index (χ1n) is 8.62. The number of aromatic nitrogens is 4. The molecular formula is C18H24Cl2N6. The van der Waals surface area contributed by atoms with Crippen LogP contribution in [0.4, 0.5) is 5.82 Å². The van der Waals surface area contributed by atoms with E-state index in [-0.39, 0.29) is 24.8 Å². The van der Waals surface area contributed by atoms with Gasteiger partial charge < -0.3 is 9.99 Å². The first kappa shape index (κ1) is 20.4. The summed E-state index contributed by atoms with van der Waals surface area (Å²) in [6, 6.07) is 11.0. The van der Waals surface area contributed by atoms with Crippen molar-refractivity contribution in [1.29, 1.82) is 0 Å². The van der Waals surface area contributed by atoms with Crippen LogP contribution >= 0.6 is 24.8 Å². The largest absolute Gasteiger partial charge is 0.312 e. The van der Waals surface area contributed by atoms with E-state index in [0.29, 0.717) is 6.04 Å². The van der Waals surface area contributed by atoms with Gasteiger partial charge >= 0.3 is 0 Å². The van der Waals surface area contributed by atoms with Crippen molar-refractivity contribution >= 4 is 41.8 Å². The van der Waals surface area contributed by atoms with Crippen LogP contribution in [-0.4, -0.2) is 26.1 Å². The molecule has 2 heterocycles. The summed E-state index contributed by atoms with van der Waals surface area (Å²) in [7, 11) is 0. The first-order valence-corrected chi connectivity index (χ1v) is 8.62. The molecule has 3 aromatic rings. The Bertz CT molecular complexity index is 802. The van der Waals surface area contributed by atoms with Crippen molar-refractivity contribution in [3.63, 3.8) is 0 Å². The van der Waals surface area contributed by atoms with Crippen molar-refractivity contribution in [3.8, 4) is 0 Å². The highest BCUT2D eigenvalue weighted by Crippen LogP contribution is 2.32. The van der Waals surface area contributed by atoms with Crippen molar-refractivity contribution in [2.24, 2.45) is 0 Å². The quantitative estimate of drug-likeness (QED) is 0.489. The summed E-state index contributed by atoms with van der Waals surface area (Å²) in [5.41, 5.74) is 9.48. The average Bonchev–Trinajstić information content (AvgIpc) is 3.29. The second-order valence-corrected chi connectivity index (χ2v) is 6.27. The molecule has 4 rings (SSSR count). The fourth-order valence-corrected chi connectivity index (χ4v) is 3.39. The number of fused-ring (bicyclic) bond motifs is 1. The van der Waals surface area contributed by atoms with Crippen LogP contribution in [0.15, 0.2) is 43.0 Å². The van der Waals surface area contributed by atoms with Crippen LogP contribution < -0.4 is 10.9 Å². The number of rotatable bonds is 6. The van der Waals surface area contributed by atoms with Gasteiger partial charge in [0.25, 0.3) is 0 Å². The summed E-state index contributed by atoms with van der Waals surface area (Å²) < 4.78 is 2.21. The Morgan fingerprint density at radius 2 is 1.77 bits per heavy atom. The Morgan fingerprint density at radius 1 is 1.00 bits per heavy atom. The molecule has 1 aromatic carbocycles. The van der Waals surface area contributed by atoms with Crippen LogP contribution in [0.5, 0.6) is 0 Å². The lowest BCUT2D eigenvalue weighted by atomic mass is 10.2. The molecule has 8 heteroatoms.